The summed E-state index contributed by atoms with van der Waals surface area (Å²) >= 11 is 0. The SMILES string of the molecule is Cc1ccc2oc(=O)c3ccc(C(=O)N4CCN(c5cccnc5)CC4)cc3n12. The van der Waals surface area contributed by atoms with Gasteiger partial charge in [0.15, 0.2) is 0 Å². The summed E-state index contributed by atoms with van der Waals surface area (Å²) in [6.07, 6.45) is 3.60. The second kappa shape index (κ2) is 6.77. The number of fused-ring (bicyclic) bond motifs is 3. The van der Waals surface area contributed by atoms with Gasteiger partial charge in [0.1, 0.15) is 0 Å². The quantitative estimate of drug-likeness (QED) is 0.528. The van der Waals surface area contributed by atoms with Gasteiger partial charge in [0.05, 0.1) is 22.8 Å². The Hall–Kier alpha value is -3.61. The lowest BCUT2D eigenvalue weighted by Crippen LogP contribution is -2.48. The smallest absolute Gasteiger partial charge is 0.346 e. The molecule has 3 aromatic heterocycles. The number of carbonyl (C=O) groups is 1. The van der Waals surface area contributed by atoms with Crippen LogP contribution in [0.4, 0.5) is 5.69 Å². The van der Waals surface area contributed by atoms with Crippen molar-refractivity contribution < 1.29 is 9.21 Å². The van der Waals surface area contributed by atoms with Crippen molar-refractivity contribution in [2.45, 2.75) is 6.92 Å². The third kappa shape index (κ3) is 2.95. The molecule has 0 aliphatic carbocycles. The van der Waals surface area contributed by atoms with E-state index in [-0.39, 0.29) is 5.91 Å². The molecule has 1 amide bonds. The highest BCUT2D eigenvalue weighted by Crippen LogP contribution is 2.21. The lowest BCUT2D eigenvalue weighted by Gasteiger charge is -2.36. The summed E-state index contributed by atoms with van der Waals surface area (Å²) in [5.74, 6) is -0.0241. The lowest BCUT2D eigenvalue weighted by atomic mass is 10.1. The predicted molar refractivity (Wildman–Crippen MR) is 111 cm³/mol. The molecular formula is C22H20N4O3. The largest absolute Gasteiger partial charge is 0.405 e. The van der Waals surface area contributed by atoms with Crippen LogP contribution in [0.25, 0.3) is 16.6 Å². The van der Waals surface area contributed by atoms with Crippen LogP contribution in [0.2, 0.25) is 0 Å². The van der Waals surface area contributed by atoms with Gasteiger partial charge >= 0.3 is 5.63 Å². The molecule has 7 nitrogen and oxygen atoms in total. The van der Waals surface area contributed by atoms with E-state index in [1.807, 2.05) is 40.6 Å². The zero-order chi connectivity index (χ0) is 20.0. The van der Waals surface area contributed by atoms with Gasteiger partial charge in [-0.15, -0.1) is 0 Å². The number of pyridine rings is 1. The fourth-order valence-corrected chi connectivity index (χ4v) is 3.97. The van der Waals surface area contributed by atoms with Crippen molar-refractivity contribution >= 4 is 28.2 Å². The minimum atomic E-state index is -0.394. The first-order valence-corrected chi connectivity index (χ1v) is 9.61. The van der Waals surface area contributed by atoms with Gasteiger partial charge in [0, 0.05) is 49.7 Å². The van der Waals surface area contributed by atoms with E-state index in [2.05, 4.69) is 9.88 Å². The zero-order valence-corrected chi connectivity index (χ0v) is 16.0. The highest BCUT2D eigenvalue weighted by Gasteiger charge is 2.23. The molecule has 5 rings (SSSR count). The molecule has 1 aliphatic heterocycles. The molecule has 4 aromatic rings. The average molecular weight is 388 g/mol. The summed E-state index contributed by atoms with van der Waals surface area (Å²) in [6.45, 7) is 4.74. The molecule has 7 heteroatoms. The van der Waals surface area contributed by atoms with Crippen LogP contribution in [0.1, 0.15) is 16.1 Å². The minimum absolute atomic E-state index is 0.0241. The third-order valence-corrected chi connectivity index (χ3v) is 5.52. The van der Waals surface area contributed by atoms with E-state index in [1.165, 1.54) is 0 Å². The van der Waals surface area contributed by atoms with E-state index in [0.717, 1.165) is 24.5 Å². The summed E-state index contributed by atoms with van der Waals surface area (Å²) in [6, 6.07) is 12.8. The monoisotopic (exact) mass is 388 g/mol. The Balaban J connectivity index is 1.44. The number of benzene rings is 1. The Morgan fingerprint density at radius 1 is 1.07 bits per heavy atom. The molecule has 4 heterocycles. The van der Waals surface area contributed by atoms with Crippen LogP contribution in [0.3, 0.4) is 0 Å². The maximum atomic E-state index is 13.1. The summed E-state index contributed by atoms with van der Waals surface area (Å²) < 4.78 is 7.24. The van der Waals surface area contributed by atoms with Crippen LogP contribution in [0, 0.1) is 6.92 Å². The molecule has 0 atom stereocenters. The number of nitrogens with zero attached hydrogens (tertiary/aromatic N) is 4. The average Bonchev–Trinajstić information content (AvgIpc) is 3.14. The molecule has 1 aliphatic rings. The van der Waals surface area contributed by atoms with Crippen molar-refractivity contribution in [1.29, 1.82) is 0 Å². The van der Waals surface area contributed by atoms with Crippen LogP contribution in [-0.4, -0.2) is 46.4 Å². The van der Waals surface area contributed by atoms with E-state index in [4.69, 9.17) is 4.42 Å². The molecule has 29 heavy (non-hydrogen) atoms. The van der Waals surface area contributed by atoms with Crippen LogP contribution >= 0.6 is 0 Å². The summed E-state index contributed by atoms with van der Waals surface area (Å²) in [7, 11) is 0. The molecule has 1 aromatic carbocycles. The molecule has 0 bridgehead atoms. The van der Waals surface area contributed by atoms with Crippen molar-refractivity contribution in [1.82, 2.24) is 14.3 Å². The lowest BCUT2D eigenvalue weighted by molar-refractivity contribution is 0.0747. The van der Waals surface area contributed by atoms with E-state index in [0.29, 0.717) is 35.3 Å². The topological polar surface area (TPSA) is 71.1 Å². The van der Waals surface area contributed by atoms with Crippen molar-refractivity contribution in [2.75, 3.05) is 31.1 Å². The van der Waals surface area contributed by atoms with Crippen molar-refractivity contribution in [3.63, 3.8) is 0 Å². The van der Waals surface area contributed by atoms with E-state index < -0.39 is 5.63 Å². The van der Waals surface area contributed by atoms with Gasteiger partial charge in [0.2, 0.25) is 5.71 Å². The molecular weight excluding hydrogens is 368 g/mol. The number of anilines is 1. The van der Waals surface area contributed by atoms with Crippen LogP contribution in [0.15, 0.2) is 64.1 Å². The Morgan fingerprint density at radius 3 is 2.66 bits per heavy atom. The van der Waals surface area contributed by atoms with Gasteiger partial charge < -0.3 is 14.2 Å². The van der Waals surface area contributed by atoms with Crippen LogP contribution in [0.5, 0.6) is 0 Å². The highest BCUT2D eigenvalue weighted by molar-refractivity contribution is 5.98. The first-order valence-electron chi connectivity index (χ1n) is 9.61. The molecule has 1 fully saturated rings. The molecule has 0 spiro atoms. The van der Waals surface area contributed by atoms with E-state index >= 15 is 0 Å². The molecule has 0 unspecified atom stereocenters. The summed E-state index contributed by atoms with van der Waals surface area (Å²) in [4.78, 5) is 33.6. The molecule has 1 saturated heterocycles. The number of hydrogen-bond acceptors (Lipinski definition) is 5. The molecule has 146 valence electrons. The van der Waals surface area contributed by atoms with Crippen molar-refractivity contribution in [3.8, 4) is 0 Å². The predicted octanol–water partition coefficient (Wildman–Crippen LogP) is 2.71. The Bertz CT molecular complexity index is 1270. The van der Waals surface area contributed by atoms with Gasteiger partial charge in [-0.3, -0.25) is 14.2 Å². The summed E-state index contributed by atoms with van der Waals surface area (Å²) in [5.41, 5.74) is 3.38. The Labute approximate surface area is 166 Å². The maximum Gasteiger partial charge on any atom is 0.346 e. The van der Waals surface area contributed by atoms with Gasteiger partial charge in [-0.25, -0.2) is 4.79 Å². The minimum Gasteiger partial charge on any atom is -0.405 e. The van der Waals surface area contributed by atoms with Gasteiger partial charge in [0.25, 0.3) is 5.91 Å². The van der Waals surface area contributed by atoms with E-state index in [1.54, 1.807) is 30.5 Å². The fourth-order valence-electron chi connectivity index (χ4n) is 3.97. The highest BCUT2D eigenvalue weighted by atomic mass is 16.4. The maximum absolute atomic E-state index is 13.1. The normalized spacial score (nSPS) is 14.7. The first kappa shape index (κ1) is 17.5. The number of carbonyl (C=O) groups excluding carboxylic acids is 1. The Kier molecular flexibility index (Phi) is 4.08. The van der Waals surface area contributed by atoms with Crippen molar-refractivity contribution in [3.05, 3.63) is 76.5 Å². The number of hydrogen-bond donors (Lipinski definition) is 0. The van der Waals surface area contributed by atoms with Gasteiger partial charge in [-0.05, 0) is 43.3 Å². The second-order valence-electron chi connectivity index (χ2n) is 7.26. The number of amides is 1. The second-order valence-corrected chi connectivity index (χ2v) is 7.26. The van der Waals surface area contributed by atoms with E-state index in [9.17, 15) is 9.59 Å². The van der Waals surface area contributed by atoms with Gasteiger partial charge in [-0.2, -0.15) is 0 Å². The van der Waals surface area contributed by atoms with Crippen LogP contribution in [-0.2, 0) is 0 Å². The zero-order valence-electron chi connectivity index (χ0n) is 16.0. The first-order chi connectivity index (χ1) is 14.1. The van der Waals surface area contributed by atoms with Crippen LogP contribution < -0.4 is 10.5 Å². The van der Waals surface area contributed by atoms with Gasteiger partial charge in [-0.1, -0.05) is 0 Å². The molecule has 0 saturated carbocycles. The number of piperazine rings is 1. The number of rotatable bonds is 2. The summed E-state index contributed by atoms with van der Waals surface area (Å²) in [5, 5.41) is 0.467. The third-order valence-electron chi connectivity index (χ3n) is 5.52. The fraction of sp³-hybridized carbons (Fsp3) is 0.227. The standard InChI is InChI=1S/C22H20N4O3/c1-15-4-7-20-26(15)19-13-16(5-6-18(19)22(28)29-20)21(27)25-11-9-24(10-12-25)17-3-2-8-23-14-17/h2-8,13-14H,9-12H2,1H3. The molecule has 0 radical (unpaired) electrons. The van der Waals surface area contributed by atoms with Crippen molar-refractivity contribution in [2.24, 2.45) is 0 Å². The molecule has 0 N–H and O–H groups in total. The Morgan fingerprint density at radius 2 is 1.90 bits per heavy atom. The number of aryl methyl sites for hydroxylation is 1. The number of aromatic nitrogens is 2.